The Bertz CT molecular complexity index is 1980. The van der Waals surface area contributed by atoms with Gasteiger partial charge in [0.2, 0.25) is 0 Å². The summed E-state index contributed by atoms with van der Waals surface area (Å²) in [5, 5.41) is 35.5. The van der Waals surface area contributed by atoms with Crippen LogP contribution in [-0.4, -0.2) is 42.2 Å². The molecule has 10 nitrogen and oxygen atoms in total. The number of halogens is 3. The highest BCUT2D eigenvalue weighted by molar-refractivity contribution is 5.99. The lowest BCUT2D eigenvalue weighted by Crippen LogP contribution is -2.35. The van der Waals surface area contributed by atoms with Gasteiger partial charge in [-0.25, -0.2) is 9.67 Å². The summed E-state index contributed by atoms with van der Waals surface area (Å²) in [5.74, 6) is 0. The second kappa shape index (κ2) is 10.2. The number of nitrogens with zero attached hydrogens (tertiary/aromatic N) is 8. The van der Waals surface area contributed by atoms with Crippen LogP contribution in [0, 0.1) is 28.1 Å². The number of para-hydroxylation sites is 1. The fourth-order valence-electron chi connectivity index (χ4n) is 5.43. The van der Waals surface area contributed by atoms with E-state index in [1.165, 1.54) is 12.4 Å². The number of imidazole rings is 1. The number of aromatic nitrogens is 6. The molecule has 1 atom stereocenters. The molecule has 1 saturated carbocycles. The Hall–Kier alpha value is -5.17. The van der Waals surface area contributed by atoms with Crippen LogP contribution >= 0.6 is 0 Å². The van der Waals surface area contributed by atoms with Crippen LogP contribution in [0.5, 0.6) is 0 Å². The van der Waals surface area contributed by atoms with Gasteiger partial charge < -0.3 is 15.2 Å². The maximum absolute atomic E-state index is 14.0. The highest BCUT2D eigenvalue weighted by Gasteiger charge is 2.66. The zero-order chi connectivity index (χ0) is 31.4. The summed E-state index contributed by atoms with van der Waals surface area (Å²) < 4.78 is 44.7. The Morgan fingerprint density at radius 1 is 1.07 bits per heavy atom. The molecule has 2 N–H and O–H groups in total. The molecule has 0 saturated heterocycles. The van der Waals surface area contributed by atoms with E-state index < -0.39 is 17.8 Å². The second-order valence-corrected chi connectivity index (χ2v) is 12.4. The van der Waals surface area contributed by atoms with Crippen LogP contribution in [0.3, 0.4) is 0 Å². The molecule has 13 heteroatoms. The summed E-state index contributed by atoms with van der Waals surface area (Å²) in [6, 6.07) is 12.6. The number of benzene rings is 2. The number of pyridine rings is 1. The molecule has 1 fully saturated rings. The number of rotatable bonds is 7. The largest absolute Gasteiger partial charge is 0.413 e. The topological polar surface area (TPSA) is 133 Å². The van der Waals surface area contributed by atoms with Crippen molar-refractivity contribution in [1.82, 2.24) is 29.5 Å². The Morgan fingerprint density at radius 3 is 2.48 bits per heavy atom. The third-order valence-electron chi connectivity index (χ3n) is 7.90. The van der Waals surface area contributed by atoms with Gasteiger partial charge in [0.1, 0.15) is 17.8 Å². The molecule has 224 valence electrons. The van der Waals surface area contributed by atoms with Gasteiger partial charge in [0.25, 0.3) is 0 Å². The highest BCUT2D eigenvalue weighted by Crippen LogP contribution is 2.55. The molecule has 1 unspecified atom stereocenters. The highest BCUT2D eigenvalue weighted by atomic mass is 19.4. The molecule has 0 spiro atoms. The van der Waals surface area contributed by atoms with E-state index in [1.807, 2.05) is 29.8 Å². The van der Waals surface area contributed by atoms with Gasteiger partial charge >= 0.3 is 6.18 Å². The molecule has 1 aliphatic carbocycles. The van der Waals surface area contributed by atoms with Crippen molar-refractivity contribution in [3.8, 4) is 12.1 Å². The number of fused-ring (bicyclic) bond motifs is 2. The van der Waals surface area contributed by atoms with E-state index in [0.717, 1.165) is 10.2 Å². The molecule has 44 heavy (non-hydrogen) atoms. The van der Waals surface area contributed by atoms with Gasteiger partial charge in [-0.1, -0.05) is 38.1 Å². The van der Waals surface area contributed by atoms with Crippen molar-refractivity contribution in [3.05, 3.63) is 71.4 Å². The average molecular weight is 599 g/mol. The van der Waals surface area contributed by atoms with Crippen molar-refractivity contribution >= 4 is 33.3 Å². The first-order valence-electron chi connectivity index (χ1n) is 14.0. The van der Waals surface area contributed by atoms with E-state index >= 15 is 0 Å². The Balaban J connectivity index is 1.51. The molecule has 3 aromatic heterocycles. The third-order valence-corrected chi connectivity index (χ3v) is 7.90. The molecule has 1 aliphatic rings. The van der Waals surface area contributed by atoms with Crippen molar-refractivity contribution in [2.75, 3.05) is 17.2 Å². The van der Waals surface area contributed by atoms with E-state index in [2.05, 4.69) is 63.8 Å². The molecule has 0 amide bonds. The number of aryl methyl sites for hydroxylation is 1. The minimum Gasteiger partial charge on any atom is -0.383 e. The second-order valence-electron chi connectivity index (χ2n) is 12.4. The first kappa shape index (κ1) is 28.9. The Morgan fingerprint density at radius 2 is 1.82 bits per heavy atom. The molecular weight excluding hydrogens is 569 g/mol. The standard InChI is InChI=1S/C31H29F3N10/c1-29(2,3)16-38-26-19(13-36)14-37-25-18(12-35)10-20(11-22(25)26)40-27(21-6-5-7-23-28(21)43(4)17-39-23)24-15-44(42-41-24)30(8-9-30)31(32,33)34/h5-7,10-11,14-15,17,27,40H,8-9,16H2,1-4H3,(H,37,38). The molecule has 3 heterocycles. The van der Waals surface area contributed by atoms with Crippen LogP contribution in [0.15, 0.2) is 49.1 Å². The smallest absolute Gasteiger partial charge is 0.383 e. The van der Waals surface area contributed by atoms with Gasteiger partial charge in [0, 0.05) is 36.4 Å². The van der Waals surface area contributed by atoms with Crippen molar-refractivity contribution < 1.29 is 13.2 Å². The van der Waals surface area contributed by atoms with Crippen LogP contribution in [-0.2, 0) is 12.6 Å². The number of hydrogen-bond donors (Lipinski definition) is 2. The van der Waals surface area contributed by atoms with Gasteiger partial charge in [-0.3, -0.25) is 4.98 Å². The van der Waals surface area contributed by atoms with Gasteiger partial charge in [0.15, 0.2) is 5.54 Å². The summed E-state index contributed by atoms with van der Waals surface area (Å²) in [6.45, 7) is 6.73. The minimum atomic E-state index is -4.47. The maximum Gasteiger partial charge on any atom is 0.413 e. The van der Waals surface area contributed by atoms with Gasteiger partial charge in [-0.05, 0) is 36.5 Å². The van der Waals surface area contributed by atoms with Gasteiger partial charge in [0.05, 0.1) is 51.9 Å². The van der Waals surface area contributed by atoms with Crippen LogP contribution in [0.1, 0.15) is 62.0 Å². The molecule has 5 aromatic rings. The predicted octanol–water partition coefficient (Wildman–Crippen LogP) is 6.17. The predicted molar refractivity (Wildman–Crippen MR) is 159 cm³/mol. The average Bonchev–Trinajstić information content (AvgIpc) is 3.52. The lowest BCUT2D eigenvalue weighted by Gasteiger charge is -2.23. The van der Waals surface area contributed by atoms with Crippen molar-refractivity contribution in [3.63, 3.8) is 0 Å². The van der Waals surface area contributed by atoms with E-state index in [4.69, 9.17) is 0 Å². The summed E-state index contributed by atoms with van der Waals surface area (Å²) in [5.41, 5.74) is 2.31. The normalized spacial score (nSPS) is 15.1. The summed E-state index contributed by atoms with van der Waals surface area (Å²) in [7, 11) is 1.83. The lowest BCUT2D eigenvalue weighted by atomic mass is 9.96. The number of alkyl halides is 3. The van der Waals surface area contributed by atoms with E-state index in [1.54, 1.807) is 18.5 Å². The fourth-order valence-corrected chi connectivity index (χ4v) is 5.43. The summed E-state index contributed by atoms with van der Waals surface area (Å²) in [4.78, 5) is 8.86. The van der Waals surface area contributed by atoms with Crippen LogP contribution in [0.4, 0.5) is 24.5 Å². The zero-order valence-corrected chi connectivity index (χ0v) is 24.5. The Kier molecular flexibility index (Phi) is 6.72. The molecule has 6 rings (SSSR count). The number of nitriles is 2. The monoisotopic (exact) mass is 598 g/mol. The van der Waals surface area contributed by atoms with Crippen LogP contribution in [0.25, 0.3) is 21.9 Å². The van der Waals surface area contributed by atoms with E-state index in [0.29, 0.717) is 45.5 Å². The third kappa shape index (κ3) is 4.94. The number of nitrogens with one attached hydrogen (secondary N) is 2. The molecular formula is C31H29F3N10. The molecule has 0 radical (unpaired) electrons. The quantitative estimate of drug-likeness (QED) is 0.227. The van der Waals surface area contributed by atoms with Gasteiger partial charge in [-0.2, -0.15) is 23.7 Å². The van der Waals surface area contributed by atoms with E-state index in [9.17, 15) is 23.7 Å². The fraction of sp³-hybridized carbons (Fsp3) is 0.355. The maximum atomic E-state index is 14.0. The summed E-state index contributed by atoms with van der Waals surface area (Å²) >= 11 is 0. The molecule has 2 aromatic carbocycles. The van der Waals surface area contributed by atoms with Crippen molar-refractivity contribution in [2.45, 2.75) is 51.4 Å². The first-order chi connectivity index (χ1) is 20.8. The summed E-state index contributed by atoms with van der Waals surface area (Å²) in [6.07, 6.45) is -0.153. The lowest BCUT2D eigenvalue weighted by molar-refractivity contribution is -0.182. The van der Waals surface area contributed by atoms with E-state index in [-0.39, 0.29) is 29.5 Å². The SMILES string of the molecule is Cn1cnc2cccc(C(Nc3cc(C#N)c4ncc(C#N)c(NCC(C)(C)C)c4c3)c3cn(C4(C(F)(F)F)CC4)nn3)c21. The Labute approximate surface area is 251 Å². The molecule has 0 bridgehead atoms. The zero-order valence-electron chi connectivity index (χ0n) is 24.5. The molecule has 0 aliphatic heterocycles. The van der Waals surface area contributed by atoms with Crippen molar-refractivity contribution in [1.29, 1.82) is 10.5 Å². The minimum absolute atomic E-state index is 0.0660. The number of anilines is 2. The van der Waals surface area contributed by atoms with Crippen LogP contribution in [0.2, 0.25) is 0 Å². The first-order valence-corrected chi connectivity index (χ1v) is 14.0. The van der Waals surface area contributed by atoms with Crippen LogP contribution < -0.4 is 10.6 Å². The van der Waals surface area contributed by atoms with Crippen molar-refractivity contribution in [2.24, 2.45) is 12.5 Å². The number of hydrogen-bond acceptors (Lipinski definition) is 8. The van der Waals surface area contributed by atoms with Gasteiger partial charge in [-0.15, -0.1) is 5.10 Å².